The molecule has 0 N–H and O–H groups in total. The minimum atomic E-state index is -0.360. The van der Waals surface area contributed by atoms with Gasteiger partial charge in [0.25, 0.3) is 0 Å². The molecular formula is C15H19NO4. The van der Waals surface area contributed by atoms with Gasteiger partial charge >= 0.3 is 5.97 Å². The van der Waals surface area contributed by atoms with Crippen LogP contribution in [0, 0.1) is 16.0 Å². The molecule has 0 saturated carbocycles. The molecule has 5 nitrogen and oxygen atoms in total. The van der Waals surface area contributed by atoms with Gasteiger partial charge in [0.05, 0.1) is 17.4 Å². The van der Waals surface area contributed by atoms with Crippen LogP contribution in [0.3, 0.4) is 0 Å². The average molecular weight is 277 g/mol. The molecule has 5 heteroatoms. The van der Waals surface area contributed by atoms with Crippen LogP contribution < -0.4 is 0 Å². The fourth-order valence-corrected chi connectivity index (χ4v) is 2.46. The Bertz CT molecular complexity index is 510. The third-order valence-corrected chi connectivity index (χ3v) is 3.29. The predicted octanol–water partition coefficient (Wildman–Crippen LogP) is 3.15. The molecule has 0 unspecified atom stereocenters. The second kappa shape index (κ2) is 6.84. The fraction of sp³-hybridized carbons (Fsp3) is 0.400. The highest BCUT2D eigenvalue weighted by Crippen LogP contribution is 2.40. The number of allylic oxidation sites excluding steroid dienone is 2. The zero-order valence-corrected chi connectivity index (χ0v) is 10.6. The van der Waals surface area contributed by atoms with E-state index in [1.165, 1.54) is 6.92 Å². The molecule has 1 aliphatic carbocycles. The molecule has 0 spiro atoms. The third-order valence-electron chi connectivity index (χ3n) is 3.29. The first-order chi connectivity index (χ1) is 9.09. The van der Waals surface area contributed by atoms with E-state index in [0.29, 0.717) is 6.42 Å². The number of ether oxygens (including phenoxy) is 1. The van der Waals surface area contributed by atoms with Crippen molar-refractivity contribution < 1.29 is 14.5 Å². The van der Waals surface area contributed by atoms with Gasteiger partial charge in [-0.3, -0.25) is 14.9 Å². The molecule has 1 aliphatic rings. The molecular weight excluding hydrogens is 258 g/mol. The van der Waals surface area contributed by atoms with E-state index in [9.17, 15) is 14.9 Å². The summed E-state index contributed by atoms with van der Waals surface area (Å²) in [6.45, 7) is 1.55. The summed E-state index contributed by atoms with van der Waals surface area (Å²) in [5.74, 6) is -0.733. The number of hydrogen-bond acceptors (Lipinski definition) is 4. The van der Waals surface area contributed by atoms with E-state index in [1.807, 2.05) is 30.3 Å². The van der Waals surface area contributed by atoms with E-state index < -0.39 is 0 Å². The minimum absolute atomic E-state index is 0. The number of carbonyl (C=O) groups is 1. The molecule has 0 fully saturated rings. The quantitative estimate of drug-likeness (QED) is 0.481. The minimum Gasteiger partial charge on any atom is -0.466 e. The summed E-state index contributed by atoms with van der Waals surface area (Å²) in [5.41, 5.74) is 1.09. The summed E-state index contributed by atoms with van der Waals surface area (Å²) in [6, 6.07) is 9.32. The Kier molecular flexibility index (Phi) is 5.43. The van der Waals surface area contributed by atoms with Gasteiger partial charge in [0, 0.05) is 12.8 Å². The highest BCUT2D eigenvalue weighted by molar-refractivity contribution is 5.65. The van der Waals surface area contributed by atoms with Gasteiger partial charge in [-0.25, -0.2) is 0 Å². The van der Waals surface area contributed by atoms with Gasteiger partial charge < -0.3 is 4.74 Å². The number of nitro groups is 1. The van der Waals surface area contributed by atoms with Crippen molar-refractivity contribution in [3.8, 4) is 0 Å². The van der Waals surface area contributed by atoms with Gasteiger partial charge in [0.15, 0.2) is 0 Å². The lowest BCUT2D eigenvalue weighted by molar-refractivity contribution is -0.430. The SMILES string of the molecule is C.CC(=O)OC[C@@H]1CC=C([N+](=O)[O-])[C@@H]1c1ccccc1. The van der Waals surface area contributed by atoms with Gasteiger partial charge in [0.2, 0.25) is 5.70 Å². The number of nitrogens with zero attached hydrogens (tertiary/aromatic N) is 1. The smallest absolute Gasteiger partial charge is 0.302 e. The van der Waals surface area contributed by atoms with Crippen LogP contribution >= 0.6 is 0 Å². The molecule has 0 heterocycles. The topological polar surface area (TPSA) is 69.4 Å². The van der Waals surface area contributed by atoms with Crippen LogP contribution in [0.5, 0.6) is 0 Å². The molecule has 1 aromatic carbocycles. The first-order valence-corrected chi connectivity index (χ1v) is 6.12. The van der Waals surface area contributed by atoms with Gasteiger partial charge in [-0.15, -0.1) is 0 Å². The lowest BCUT2D eigenvalue weighted by Crippen LogP contribution is -2.19. The molecule has 0 bridgehead atoms. The molecule has 1 aromatic rings. The van der Waals surface area contributed by atoms with Crippen LogP contribution in [0.1, 0.15) is 32.3 Å². The zero-order chi connectivity index (χ0) is 13.8. The Hall–Kier alpha value is -2.17. The van der Waals surface area contributed by atoms with Crippen molar-refractivity contribution in [2.24, 2.45) is 5.92 Å². The van der Waals surface area contributed by atoms with Crippen molar-refractivity contribution in [3.63, 3.8) is 0 Å². The van der Waals surface area contributed by atoms with Gasteiger partial charge in [-0.1, -0.05) is 37.8 Å². The number of carbonyl (C=O) groups excluding carboxylic acids is 1. The van der Waals surface area contributed by atoms with E-state index in [0.717, 1.165) is 5.56 Å². The van der Waals surface area contributed by atoms with Crippen LogP contribution in [-0.4, -0.2) is 17.5 Å². The lowest BCUT2D eigenvalue weighted by Gasteiger charge is -2.19. The Labute approximate surface area is 118 Å². The van der Waals surface area contributed by atoms with Crippen molar-refractivity contribution in [3.05, 3.63) is 57.8 Å². The molecule has 0 aromatic heterocycles. The number of hydrogen-bond donors (Lipinski definition) is 0. The third kappa shape index (κ3) is 3.44. The number of rotatable bonds is 4. The standard InChI is InChI=1S/C14H15NO4.CH4/c1-10(16)19-9-12-7-8-13(15(17)18)14(12)11-5-3-2-4-6-11;/h2-6,8,12,14H,7,9H2,1H3;1H4/t12-,14+;/m0./s1. The Morgan fingerprint density at radius 1 is 1.40 bits per heavy atom. The highest BCUT2D eigenvalue weighted by atomic mass is 16.6. The van der Waals surface area contributed by atoms with Crippen molar-refractivity contribution in [2.45, 2.75) is 26.7 Å². The molecule has 108 valence electrons. The summed E-state index contributed by atoms with van der Waals surface area (Å²) in [7, 11) is 0. The van der Waals surface area contributed by atoms with Crippen LogP contribution in [0.15, 0.2) is 42.1 Å². The average Bonchev–Trinajstić information content (AvgIpc) is 2.81. The van der Waals surface area contributed by atoms with Crippen LogP contribution in [0.25, 0.3) is 0 Å². The summed E-state index contributed by atoms with van der Waals surface area (Å²) < 4.78 is 5.01. The molecule has 2 rings (SSSR count). The van der Waals surface area contributed by atoms with E-state index in [2.05, 4.69) is 0 Å². The van der Waals surface area contributed by atoms with Crippen LogP contribution in [0.2, 0.25) is 0 Å². The van der Waals surface area contributed by atoms with E-state index in [4.69, 9.17) is 4.74 Å². The molecule has 0 radical (unpaired) electrons. The number of benzene rings is 1. The fourth-order valence-electron chi connectivity index (χ4n) is 2.46. The van der Waals surface area contributed by atoms with Crippen molar-refractivity contribution in [1.29, 1.82) is 0 Å². The predicted molar refractivity (Wildman–Crippen MR) is 75.7 cm³/mol. The highest BCUT2D eigenvalue weighted by Gasteiger charge is 2.38. The summed E-state index contributed by atoms with van der Waals surface area (Å²) >= 11 is 0. The molecule has 0 saturated heterocycles. The first-order valence-electron chi connectivity index (χ1n) is 6.12. The van der Waals surface area contributed by atoms with Gasteiger partial charge in [-0.05, 0) is 18.1 Å². The Balaban J connectivity index is 0.00000200. The van der Waals surface area contributed by atoms with E-state index in [1.54, 1.807) is 6.08 Å². The lowest BCUT2D eigenvalue weighted by atomic mass is 9.88. The van der Waals surface area contributed by atoms with Gasteiger partial charge in [-0.2, -0.15) is 0 Å². The van der Waals surface area contributed by atoms with E-state index in [-0.39, 0.29) is 42.5 Å². The Morgan fingerprint density at radius 3 is 2.60 bits per heavy atom. The van der Waals surface area contributed by atoms with E-state index >= 15 is 0 Å². The molecule has 20 heavy (non-hydrogen) atoms. The molecule has 0 aliphatic heterocycles. The first kappa shape index (κ1) is 15.9. The maximum Gasteiger partial charge on any atom is 0.302 e. The van der Waals surface area contributed by atoms with Crippen molar-refractivity contribution in [1.82, 2.24) is 0 Å². The monoisotopic (exact) mass is 277 g/mol. The molecule has 0 amide bonds. The van der Waals surface area contributed by atoms with Crippen molar-refractivity contribution in [2.75, 3.05) is 6.61 Å². The largest absolute Gasteiger partial charge is 0.466 e. The zero-order valence-electron chi connectivity index (χ0n) is 10.6. The Morgan fingerprint density at radius 2 is 2.05 bits per heavy atom. The number of esters is 1. The van der Waals surface area contributed by atoms with Gasteiger partial charge in [0.1, 0.15) is 0 Å². The second-order valence-corrected chi connectivity index (χ2v) is 4.57. The normalized spacial score (nSPS) is 20.8. The second-order valence-electron chi connectivity index (χ2n) is 4.57. The summed E-state index contributed by atoms with van der Waals surface area (Å²) in [5, 5.41) is 11.1. The van der Waals surface area contributed by atoms with Crippen LogP contribution in [0.4, 0.5) is 0 Å². The maximum atomic E-state index is 11.1. The molecule has 2 atom stereocenters. The summed E-state index contributed by atoms with van der Waals surface area (Å²) in [4.78, 5) is 21.6. The maximum absolute atomic E-state index is 11.1. The summed E-state index contributed by atoms with van der Waals surface area (Å²) in [6.07, 6.45) is 2.19. The van der Waals surface area contributed by atoms with Crippen molar-refractivity contribution >= 4 is 5.97 Å². The van der Waals surface area contributed by atoms with Crippen LogP contribution in [-0.2, 0) is 9.53 Å².